The van der Waals surface area contributed by atoms with E-state index in [2.05, 4.69) is 16.0 Å². The molecule has 1 amide bonds. The summed E-state index contributed by atoms with van der Waals surface area (Å²) in [5.74, 6) is 0.988. The number of aromatic nitrogens is 1. The van der Waals surface area contributed by atoms with E-state index in [0.717, 1.165) is 48.9 Å². The van der Waals surface area contributed by atoms with E-state index in [1.807, 2.05) is 42.3 Å². The third-order valence-corrected chi connectivity index (χ3v) is 4.18. The quantitative estimate of drug-likeness (QED) is 0.946. The lowest BCUT2D eigenvalue weighted by Gasteiger charge is -2.36. The SMILES string of the molecule is COc1ccccc1N1CCN(C(=O)c2cc[nH]c2C)CC1. The summed E-state index contributed by atoms with van der Waals surface area (Å²) < 4.78 is 5.42. The molecule has 0 aliphatic carbocycles. The Balaban J connectivity index is 1.68. The number of carbonyl (C=O) groups excluding carboxylic acids is 1. The number of aryl methyl sites for hydroxylation is 1. The molecule has 116 valence electrons. The van der Waals surface area contributed by atoms with Crippen molar-refractivity contribution in [3.63, 3.8) is 0 Å². The molecule has 0 saturated carbocycles. The van der Waals surface area contributed by atoms with E-state index in [1.165, 1.54) is 0 Å². The summed E-state index contributed by atoms with van der Waals surface area (Å²) in [4.78, 5) is 19.8. The predicted molar refractivity (Wildman–Crippen MR) is 86.6 cm³/mol. The number of hydrogen-bond acceptors (Lipinski definition) is 3. The number of piperazine rings is 1. The molecule has 22 heavy (non-hydrogen) atoms. The maximum absolute atomic E-state index is 12.5. The Bertz CT molecular complexity index is 657. The zero-order valence-corrected chi connectivity index (χ0v) is 13.0. The van der Waals surface area contributed by atoms with Crippen LogP contribution in [0.15, 0.2) is 36.5 Å². The van der Waals surface area contributed by atoms with E-state index in [4.69, 9.17) is 4.74 Å². The number of aromatic amines is 1. The molecule has 5 nitrogen and oxygen atoms in total. The van der Waals surface area contributed by atoms with E-state index in [-0.39, 0.29) is 5.91 Å². The van der Waals surface area contributed by atoms with Gasteiger partial charge in [-0.1, -0.05) is 12.1 Å². The maximum atomic E-state index is 12.5. The first-order chi connectivity index (χ1) is 10.7. The number of H-pyrrole nitrogens is 1. The zero-order valence-electron chi connectivity index (χ0n) is 13.0. The fraction of sp³-hybridized carbons (Fsp3) is 0.353. The van der Waals surface area contributed by atoms with Gasteiger partial charge in [-0.05, 0) is 25.1 Å². The van der Waals surface area contributed by atoms with Crippen molar-refractivity contribution in [1.82, 2.24) is 9.88 Å². The summed E-state index contributed by atoms with van der Waals surface area (Å²) in [6.45, 7) is 5.01. The Morgan fingerprint density at radius 1 is 1.14 bits per heavy atom. The van der Waals surface area contributed by atoms with Crippen LogP contribution in [0.5, 0.6) is 5.75 Å². The van der Waals surface area contributed by atoms with E-state index in [9.17, 15) is 4.79 Å². The molecule has 2 heterocycles. The van der Waals surface area contributed by atoms with Gasteiger partial charge in [0.2, 0.25) is 0 Å². The van der Waals surface area contributed by atoms with Crippen molar-refractivity contribution in [2.24, 2.45) is 0 Å². The van der Waals surface area contributed by atoms with Crippen molar-refractivity contribution in [2.75, 3.05) is 38.2 Å². The molecular weight excluding hydrogens is 278 g/mol. The van der Waals surface area contributed by atoms with Crippen LogP contribution < -0.4 is 9.64 Å². The molecule has 1 aliphatic rings. The third kappa shape index (κ3) is 2.66. The highest BCUT2D eigenvalue weighted by molar-refractivity contribution is 5.95. The number of carbonyl (C=O) groups is 1. The second-order valence-corrected chi connectivity index (χ2v) is 5.47. The van der Waals surface area contributed by atoms with Crippen LogP contribution in [0.2, 0.25) is 0 Å². The van der Waals surface area contributed by atoms with Gasteiger partial charge >= 0.3 is 0 Å². The second kappa shape index (κ2) is 6.13. The minimum absolute atomic E-state index is 0.110. The number of nitrogens with one attached hydrogen (secondary N) is 1. The summed E-state index contributed by atoms with van der Waals surface area (Å²) in [7, 11) is 1.69. The number of nitrogens with zero attached hydrogens (tertiary/aromatic N) is 2. The lowest BCUT2D eigenvalue weighted by molar-refractivity contribution is 0.0746. The highest BCUT2D eigenvalue weighted by Gasteiger charge is 2.24. The van der Waals surface area contributed by atoms with Crippen LogP contribution in [0.25, 0.3) is 0 Å². The Labute approximate surface area is 130 Å². The van der Waals surface area contributed by atoms with E-state index >= 15 is 0 Å². The molecule has 0 spiro atoms. The molecule has 1 fully saturated rings. The van der Waals surface area contributed by atoms with Gasteiger partial charge in [-0.2, -0.15) is 0 Å². The molecule has 0 radical (unpaired) electrons. The average Bonchev–Trinajstić information content (AvgIpc) is 3.00. The first-order valence-electron chi connectivity index (χ1n) is 7.52. The Hall–Kier alpha value is -2.43. The number of para-hydroxylation sites is 2. The summed E-state index contributed by atoms with van der Waals surface area (Å²) in [6, 6.07) is 9.86. The molecular formula is C17H21N3O2. The summed E-state index contributed by atoms with van der Waals surface area (Å²) in [6.07, 6.45) is 1.81. The number of rotatable bonds is 3. The molecule has 1 aliphatic heterocycles. The number of methoxy groups -OCH3 is 1. The molecule has 3 rings (SSSR count). The third-order valence-electron chi connectivity index (χ3n) is 4.18. The lowest BCUT2D eigenvalue weighted by Crippen LogP contribution is -2.49. The molecule has 1 saturated heterocycles. The van der Waals surface area contributed by atoms with Gasteiger partial charge in [0.1, 0.15) is 5.75 Å². The fourth-order valence-corrected chi connectivity index (χ4v) is 2.90. The largest absolute Gasteiger partial charge is 0.495 e. The van der Waals surface area contributed by atoms with Gasteiger partial charge in [0.05, 0.1) is 18.4 Å². The highest BCUT2D eigenvalue weighted by atomic mass is 16.5. The number of benzene rings is 1. The molecule has 1 N–H and O–H groups in total. The Morgan fingerprint density at radius 3 is 2.50 bits per heavy atom. The van der Waals surface area contributed by atoms with Gasteiger partial charge in [-0.15, -0.1) is 0 Å². The maximum Gasteiger partial charge on any atom is 0.255 e. The standard InChI is InChI=1S/C17H21N3O2/c1-13-14(7-8-18-13)17(21)20-11-9-19(10-12-20)15-5-3-4-6-16(15)22-2/h3-8,18H,9-12H2,1-2H3. The van der Waals surface area contributed by atoms with E-state index < -0.39 is 0 Å². The minimum Gasteiger partial charge on any atom is -0.495 e. The molecule has 1 aromatic carbocycles. The van der Waals surface area contributed by atoms with E-state index in [1.54, 1.807) is 7.11 Å². The van der Waals surface area contributed by atoms with Gasteiger partial charge in [0.15, 0.2) is 0 Å². The fourth-order valence-electron chi connectivity index (χ4n) is 2.90. The summed E-state index contributed by atoms with van der Waals surface area (Å²) in [5, 5.41) is 0. The number of anilines is 1. The second-order valence-electron chi connectivity index (χ2n) is 5.47. The smallest absolute Gasteiger partial charge is 0.255 e. The van der Waals surface area contributed by atoms with Crippen LogP contribution >= 0.6 is 0 Å². The summed E-state index contributed by atoms with van der Waals surface area (Å²) >= 11 is 0. The van der Waals surface area contributed by atoms with Crippen molar-refractivity contribution in [3.8, 4) is 5.75 Å². The van der Waals surface area contributed by atoms with Crippen LogP contribution in [0, 0.1) is 6.92 Å². The number of hydrogen-bond donors (Lipinski definition) is 1. The number of amides is 1. The van der Waals surface area contributed by atoms with Crippen molar-refractivity contribution in [1.29, 1.82) is 0 Å². The van der Waals surface area contributed by atoms with Crippen molar-refractivity contribution < 1.29 is 9.53 Å². The predicted octanol–water partition coefficient (Wildman–Crippen LogP) is 2.29. The highest BCUT2D eigenvalue weighted by Crippen LogP contribution is 2.28. The monoisotopic (exact) mass is 299 g/mol. The van der Waals surface area contributed by atoms with Gasteiger partial charge in [0, 0.05) is 38.1 Å². The van der Waals surface area contributed by atoms with Gasteiger partial charge in [-0.25, -0.2) is 0 Å². The summed E-state index contributed by atoms with van der Waals surface area (Å²) in [5.41, 5.74) is 2.79. The Morgan fingerprint density at radius 2 is 1.86 bits per heavy atom. The average molecular weight is 299 g/mol. The van der Waals surface area contributed by atoms with Crippen LogP contribution in [-0.2, 0) is 0 Å². The van der Waals surface area contributed by atoms with Crippen LogP contribution in [0.3, 0.4) is 0 Å². The van der Waals surface area contributed by atoms with Crippen molar-refractivity contribution >= 4 is 11.6 Å². The topological polar surface area (TPSA) is 48.6 Å². The molecule has 1 aromatic heterocycles. The number of ether oxygens (including phenoxy) is 1. The van der Waals surface area contributed by atoms with Gasteiger partial charge in [0.25, 0.3) is 5.91 Å². The molecule has 0 atom stereocenters. The van der Waals surface area contributed by atoms with Crippen LogP contribution in [-0.4, -0.2) is 49.1 Å². The van der Waals surface area contributed by atoms with Crippen LogP contribution in [0.1, 0.15) is 16.1 Å². The first kappa shape index (κ1) is 14.5. The van der Waals surface area contributed by atoms with Crippen molar-refractivity contribution in [2.45, 2.75) is 6.92 Å². The van der Waals surface area contributed by atoms with Crippen molar-refractivity contribution in [3.05, 3.63) is 47.8 Å². The normalized spacial score (nSPS) is 15.0. The van der Waals surface area contributed by atoms with Crippen LogP contribution in [0.4, 0.5) is 5.69 Å². The zero-order chi connectivity index (χ0) is 15.5. The Kier molecular flexibility index (Phi) is 4.04. The molecule has 0 bridgehead atoms. The van der Waals surface area contributed by atoms with Gasteiger partial charge in [-0.3, -0.25) is 4.79 Å². The molecule has 5 heteroatoms. The first-order valence-corrected chi connectivity index (χ1v) is 7.52. The molecule has 2 aromatic rings. The molecule has 0 unspecified atom stereocenters. The van der Waals surface area contributed by atoms with E-state index in [0.29, 0.717) is 0 Å². The lowest BCUT2D eigenvalue weighted by atomic mass is 10.2. The minimum atomic E-state index is 0.110. The van der Waals surface area contributed by atoms with Gasteiger partial charge < -0.3 is 19.5 Å².